The number of hydrogen-bond donors (Lipinski definition) is 0. The predicted octanol–water partition coefficient (Wildman–Crippen LogP) is 8.87. The standard InChI is InChI=1S/C94H72N2O18Si10/c1-115(77-63-59-75(60-64-77)95-91(97)87-67-57-73(69-89(87)93(95)99)55-53-71-33-13-3-14-34-71)101-117(79-37-17-5-18-38-79)105-121(83-45-25-9-26-46-83)109-119(81-41-21-7-22-42-81)103-116(2,78-65-61-76(62-66-78)96-92(98)88-68-58-74(70-90(88)94(96)100)56-54-72-35-15-4-16-36-72)104-120(82-43-23-8-24-44-82)111-123(113-121,85-49-29-11-30-50-85)107-118(102-115,80-39-19-6-20-40-80)108-124(112-120,86-51-31-12-32-52-86)114-122(106-117,110-119)84-47-27-10-28-48-84/h3-52,57-70,87,89H,1-2H3. The maximum atomic E-state index is 15.1. The van der Waals surface area contributed by atoms with Crippen LogP contribution in [0.4, 0.5) is 11.4 Å². The molecule has 0 aromatic heterocycles. The summed E-state index contributed by atoms with van der Waals surface area (Å²) in [5.41, 5.74) is 3.68. The summed E-state index contributed by atoms with van der Waals surface area (Å²) in [6, 6.07) is 113. The molecular weight excluding hydrogens is 1730 g/mol. The molecule has 0 spiro atoms. The van der Waals surface area contributed by atoms with E-state index in [1.807, 2.05) is 316 Å². The first kappa shape index (κ1) is 79.5. The molecule has 13 aromatic rings. The largest absolute Gasteiger partial charge is 0.515 e. The van der Waals surface area contributed by atoms with Crippen LogP contribution in [-0.2, 0) is 67.2 Å². The van der Waals surface area contributed by atoms with Crippen molar-refractivity contribution >= 4 is 174 Å². The zero-order valence-corrected chi connectivity index (χ0v) is 76.3. The molecule has 22 rings (SSSR count). The van der Waals surface area contributed by atoms with E-state index in [1.165, 1.54) is 4.90 Å². The lowest BCUT2D eigenvalue weighted by Gasteiger charge is -2.61. The maximum Gasteiger partial charge on any atom is 0.515 e. The summed E-state index contributed by atoms with van der Waals surface area (Å²) in [4.78, 5) is 62.5. The Kier molecular flexibility index (Phi) is 20.0. The molecule has 7 saturated heterocycles. The van der Waals surface area contributed by atoms with Crippen molar-refractivity contribution < 1.29 is 76.8 Å². The summed E-state index contributed by atoms with van der Waals surface area (Å²) in [5, 5.41) is 3.69. The van der Waals surface area contributed by atoms with Gasteiger partial charge in [-0.05, 0) is 96.3 Å². The summed E-state index contributed by atoms with van der Waals surface area (Å²) in [6.45, 7) is 3.75. The van der Waals surface area contributed by atoms with Crippen molar-refractivity contribution in [2.45, 2.75) is 13.1 Å². The van der Waals surface area contributed by atoms with Crippen LogP contribution in [0.2, 0.25) is 13.1 Å². The van der Waals surface area contributed by atoms with Crippen molar-refractivity contribution in [1.29, 1.82) is 0 Å². The molecule has 6 unspecified atom stereocenters. The van der Waals surface area contributed by atoms with Crippen molar-refractivity contribution in [3.63, 3.8) is 0 Å². The minimum atomic E-state index is -5.61. The highest BCUT2D eigenvalue weighted by Crippen LogP contribution is 2.48. The second-order valence-corrected chi connectivity index (χ2v) is 60.7. The molecule has 20 nitrogen and oxygen atoms in total. The van der Waals surface area contributed by atoms with Gasteiger partial charge in [0, 0.05) is 63.8 Å². The number of fused-ring (bicyclic) bond motifs is 6. The number of carbonyl (C=O) groups excluding carboxylic acids is 4. The normalized spacial score (nSPS) is 29.0. The van der Waals surface area contributed by atoms with Gasteiger partial charge in [-0.3, -0.25) is 19.2 Å². The summed E-state index contributed by atoms with van der Waals surface area (Å²) in [6.07, 6.45) is 5.32. The minimum Gasteiger partial charge on any atom is -0.387 e. The predicted molar refractivity (Wildman–Crippen MR) is 485 cm³/mol. The van der Waals surface area contributed by atoms with Gasteiger partial charge >= 0.3 is 87.6 Å². The highest BCUT2D eigenvalue weighted by atomic mass is 28.6. The van der Waals surface area contributed by atoms with Gasteiger partial charge in [-0.2, -0.15) is 0 Å². The third kappa shape index (κ3) is 13.9. The molecule has 0 radical (unpaired) electrons. The first-order valence-corrected chi connectivity index (χ1v) is 58.8. The maximum absolute atomic E-state index is 15.1. The number of rotatable bonds is 12. The van der Waals surface area contributed by atoms with Crippen LogP contribution in [0.3, 0.4) is 0 Å². The Morgan fingerprint density at radius 2 is 0.500 bits per heavy atom. The Balaban J connectivity index is 0.845. The molecular formula is C94H72N2O18Si10. The third-order valence-corrected chi connectivity index (χ3v) is 65.8. The number of allylic oxidation sites excluding steroid dienone is 2. The number of benzene rings is 13. The molecule has 13 aromatic carbocycles. The van der Waals surface area contributed by atoms with E-state index in [-0.39, 0.29) is 22.5 Å². The average Bonchev–Trinajstić information content (AvgIpc) is 0.893. The molecule has 0 N–H and O–H groups in total. The quantitative estimate of drug-likeness (QED) is 0.0636. The van der Waals surface area contributed by atoms with Gasteiger partial charge in [0.05, 0.1) is 34.3 Å². The number of carbonyl (C=O) groups is 4. The molecule has 8 bridgehead atoms. The number of amides is 4. The van der Waals surface area contributed by atoms with Crippen molar-refractivity contribution in [3.8, 4) is 23.7 Å². The van der Waals surface area contributed by atoms with Crippen LogP contribution < -0.4 is 61.7 Å². The van der Waals surface area contributed by atoms with Crippen molar-refractivity contribution in [1.82, 2.24) is 0 Å². The Bertz CT molecular complexity index is 6220. The minimum absolute atomic E-state index is 0.194. The molecule has 9 aliphatic rings. The van der Waals surface area contributed by atoms with E-state index in [0.29, 0.717) is 63.0 Å². The monoisotopic (exact) mass is 1800 g/mol. The van der Waals surface area contributed by atoms with Crippen LogP contribution in [0, 0.1) is 35.5 Å². The van der Waals surface area contributed by atoms with Gasteiger partial charge in [0.25, 0.3) is 11.8 Å². The molecule has 0 saturated carbocycles. The highest BCUT2D eigenvalue weighted by Gasteiger charge is 2.84. The molecule has 124 heavy (non-hydrogen) atoms. The lowest BCUT2D eigenvalue weighted by molar-refractivity contribution is -0.122. The van der Waals surface area contributed by atoms with E-state index in [1.54, 1.807) is 85.0 Å². The van der Waals surface area contributed by atoms with Crippen LogP contribution in [0.25, 0.3) is 0 Å². The molecule has 606 valence electrons. The Morgan fingerprint density at radius 3 is 0.815 bits per heavy atom. The van der Waals surface area contributed by atoms with Crippen molar-refractivity contribution in [2.24, 2.45) is 11.8 Å². The zero-order valence-electron chi connectivity index (χ0n) is 66.3. The lowest BCUT2D eigenvalue weighted by atomic mass is 9.88. The first-order valence-electron chi connectivity index (χ1n) is 40.3. The fourth-order valence-electron chi connectivity index (χ4n) is 16.7. The summed E-state index contributed by atoms with van der Waals surface area (Å²) >= 11 is 0. The Hall–Kier alpha value is -11.7. The van der Waals surface area contributed by atoms with Crippen LogP contribution in [0.15, 0.2) is 394 Å². The van der Waals surface area contributed by atoms with E-state index in [4.69, 9.17) is 57.6 Å². The van der Waals surface area contributed by atoms with Crippen LogP contribution >= 0.6 is 0 Å². The molecule has 8 heterocycles. The number of hydrogen-bond acceptors (Lipinski definition) is 18. The van der Waals surface area contributed by atoms with Crippen LogP contribution in [0.5, 0.6) is 0 Å². The van der Waals surface area contributed by atoms with Crippen LogP contribution in [0.1, 0.15) is 37.4 Å². The van der Waals surface area contributed by atoms with E-state index in [2.05, 4.69) is 23.7 Å². The molecule has 8 aliphatic heterocycles. The van der Waals surface area contributed by atoms with Gasteiger partial charge in [-0.25, -0.2) is 9.80 Å². The van der Waals surface area contributed by atoms with E-state index in [0.717, 1.165) is 16.0 Å². The number of nitrogens with zero attached hydrogens (tertiary/aromatic N) is 2. The lowest BCUT2D eigenvalue weighted by Crippen LogP contribution is -2.94. The average molecular weight is 1800 g/mol. The number of imide groups is 2. The van der Waals surface area contributed by atoms with Gasteiger partial charge in [-0.1, -0.05) is 339 Å². The van der Waals surface area contributed by atoms with Gasteiger partial charge in [0.15, 0.2) is 0 Å². The van der Waals surface area contributed by atoms with Gasteiger partial charge < -0.3 is 57.6 Å². The van der Waals surface area contributed by atoms with Gasteiger partial charge in [0.2, 0.25) is 11.8 Å². The molecule has 7 fully saturated rings. The van der Waals surface area contributed by atoms with E-state index in [9.17, 15) is 9.59 Å². The number of anilines is 2. The van der Waals surface area contributed by atoms with Crippen molar-refractivity contribution in [3.05, 3.63) is 422 Å². The smallest absolute Gasteiger partial charge is 0.387 e. The molecule has 30 heteroatoms. The molecule has 6 atom stereocenters. The SMILES string of the molecule is C[Si]1(c2ccc(N3C(=O)c4ccc(C#Cc5ccccc5)cc4C3=O)cc2)O[Si]2(c3ccccc3)O[Si]3(c4ccccc4)O[Si]4(c5ccccc5)O[Si](C)(c5ccc(N6C(=O)C7C=CC(C#Cc8ccccc8)=CC7C6=O)cc5)O[Si]5(c6ccccc6)O[Si](c6ccccc6)(O[Si](c6ccccc6)(O1)O[Si](c1ccccc1)(O5)O[Si](c1ccccc1)(O2)O4)O3. The summed E-state index contributed by atoms with van der Waals surface area (Å²) in [7, 11) is -54.1. The third-order valence-electron chi connectivity index (χ3n) is 22.7. The topological polar surface area (TPSA) is 204 Å². The second kappa shape index (κ2) is 31.2. The summed E-state index contributed by atoms with van der Waals surface area (Å²) in [5.74, 6) is 9.20. The van der Waals surface area contributed by atoms with Crippen molar-refractivity contribution in [2.75, 3.05) is 9.80 Å². The summed E-state index contributed by atoms with van der Waals surface area (Å²) < 4.78 is 122. The fraction of sp³-hybridized carbons (Fsp3) is 0.0426. The Labute approximate surface area is 726 Å². The highest BCUT2D eigenvalue weighted by molar-refractivity contribution is 7.14. The Morgan fingerprint density at radius 1 is 0.242 bits per heavy atom. The van der Waals surface area contributed by atoms with E-state index >= 15 is 9.59 Å². The fourth-order valence-corrected chi connectivity index (χ4v) is 72.7. The van der Waals surface area contributed by atoms with E-state index < -0.39 is 123 Å². The van der Waals surface area contributed by atoms with Crippen LogP contribution in [-0.4, -0.2) is 111 Å². The zero-order chi connectivity index (χ0) is 84.0. The van der Waals surface area contributed by atoms with Gasteiger partial charge in [-0.15, -0.1) is 0 Å². The molecule has 1 aliphatic carbocycles. The van der Waals surface area contributed by atoms with Gasteiger partial charge in [0.1, 0.15) is 0 Å². The molecule has 4 amide bonds. The second-order valence-electron chi connectivity index (χ2n) is 30.8. The first-order chi connectivity index (χ1) is 60.4.